The molecule has 1 amide bonds. The topological polar surface area (TPSA) is 49.6 Å². The summed E-state index contributed by atoms with van der Waals surface area (Å²) < 4.78 is 0. The first-order chi connectivity index (χ1) is 9.56. The molecule has 5 atom stereocenters. The summed E-state index contributed by atoms with van der Waals surface area (Å²) in [4.78, 5) is 17.5. The van der Waals surface area contributed by atoms with Crippen molar-refractivity contribution < 1.29 is 4.79 Å². The van der Waals surface area contributed by atoms with Gasteiger partial charge in [-0.25, -0.2) is 0 Å². The summed E-state index contributed by atoms with van der Waals surface area (Å²) in [6, 6.07) is 1.34. The molecular formula is C16H29N3O. The van der Waals surface area contributed by atoms with Gasteiger partial charge in [-0.1, -0.05) is 6.92 Å². The van der Waals surface area contributed by atoms with E-state index in [9.17, 15) is 4.79 Å². The SMILES string of the molecule is CC1CCC(N)C(C(=O)N2CCC3CCC(C2)N3C)C1. The lowest BCUT2D eigenvalue weighted by molar-refractivity contribution is -0.138. The van der Waals surface area contributed by atoms with E-state index in [0.717, 1.165) is 32.4 Å². The van der Waals surface area contributed by atoms with Crippen LogP contribution in [0, 0.1) is 11.8 Å². The van der Waals surface area contributed by atoms with E-state index >= 15 is 0 Å². The molecule has 0 radical (unpaired) electrons. The normalized spacial score (nSPS) is 42.5. The smallest absolute Gasteiger partial charge is 0.227 e. The highest BCUT2D eigenvalue weighted by Crippen LogP contribution is 2.32. The van der Waals surface area contributed by atoms with Crippen LogP contribution >= 0.6 is 0 Å². The molecule has 114 valence electrons. The van der Waals surface area contributed by atoms with Crippen molar-refractivity contribution in [2.24, 2.45) is 17.6 Å². The summed E-state index contributed by atoms with van der Waals surface area (Å²) in [5.41, 5.74) is 6.23. The minimum Gasteiger partial charge on any atom is -0.341 e. The third-order valence-corrected chi connectivity index (χ3v) is 5.94. The Balaban J connectivity index is 1.67. The van der Waals surface area contributed by atoms with Gasteiger partial charge >= 0.3 is 0 Å². The van der Waals surface area contributed by atoms with Gasteiger partial charge in [-0.05, 0) is 51.5 Å². The molecule has 0 aromatic rings. The van der Waals surface area contributed by atoms with E-state index in [1.165, 1.54) is 19.3 Å². The molecule has 1 saturated carbocycles. The van der Waals surface area contributed by atoms with Crippen LogP contribution in [-0.2, 0) is 4.79 Å². The van der Waals surface area contributed by atoms with Gasteiger partial charge in [-0.15, -0.1) is 0 Å². The molecule has 0 aromatic carbocycles. The number of amides is 1. The fourth-order valence-electron chi connectivity index (χ4n) is 4.43. The summed E-state index contributed by atoms with van der Waals surface area (Å²) in [5, 5.41) is 0. The van der Waals surface area contributed by atoms with Gasteiger partial charge in [0.05, 0.1) is 5.92 Å². The molecule has 2 aliphatic heterocycles. The highest BCUT2D eigenvalue weighted by molar-refractivity contribution is 5.79. The minimum atomic E-state index is 0.0701. The maximum atomic E-state index is 12.9. The first-order valence-corrected chi connectivity index (χ1v) is 8.32. The molecule has 2 saturated heterocycles. The van der Waals surface area contributed by atoms with Crippen LogP contribution in [0.2, 0.25) is 0 Å². The molecule has 2 bridgehead atoms. The number of nitrogens with two attached hydrogens (primary N) is 1. The average molecular weight is 279 g/mol. The molecule has 0 spiro atoms. The van der Waals surface area contributed by atoms with Crippen LogP contribution in [0.1, 0.15) is 45.4 Å². The van der Waals surface area contributed by atoms with Crippen molar-refractivity contribution in [2.75, 3.05) is 20.1 Å². The van der Waals surface area contributed by atoms with E-state index < -0.39 is 0 Å². The molecule has 3 rings (SSSR count). The van der Waals surface area contributed by atoms with Crippen LogP contribution in [0.15, 0.2) is 0 Å². The maximum Gasteiger partial charge on any atom is 0.227 e. The molecule has 4 heteroatoms. The van der Waals surface area contributed by atoms with Crippen molar-refractivity contribution in [1.82, 2.24) is 9.80 Å². The van der Waals surface area contributed by atoms with Gasteiger partial charge in [-0.2, -0.15) is 0 Å². The van der Waals surface area contributed by atoms with Crippen molar-refractivity contribution in [1.29, 1.82) is 0 Å². The number of likely N-dealkylation sites (N-methyl/N-ethyl adjacent to an activating group) is 1. The number of nitrogens with zero attached hydrogens (tertiary/aromatic N) is 2. The van der Waals surface area contributed by atoms with E-state index in [2.05, 4.69) is 23.8 Å². The average Bonchev–Trinajstić information content (AvgIpc) is 2.65. The zero-order chi connectivity index (χ0) is 14.3. The van der Waals surface area contributed by atoms with Crippen molar-refractivity contribution in [2.45, 2.75) is 63.6 Å². The van der Waals surface area contributed by atoms with E-state index in [4.69, 9.17) is 5.73 Å². The highest BCUT2D eigenvalue weighted by atomic mass is 16.2. The predicted molar refractivity (Wildman–Crippen MR) is 80.3 cm³/mol. The second-order valence-corrected chi connectivity index (χ2v) is 7.31. The first kappa shape index (κ1) is 14.3. The molecule has 4 nitrogen and oxygen atoms in total. The predicted octanol–water partition coefficient (Wildman–Crippen LogP) is 1.45. The zero-order valence-electron chi connectivity index (χ0n) is 12.9. The fourth-order valence-corrected chi connectivity index (χ4v) is 4.43. The zero-order valence-corrected chi connectivity index (χ0v) is 12.9. The third kappa shape index (κ3) is 2.60. The lowest BCUT2D eigenvalue weighted by atomic mass is 9.78. The monoisotopic (exact) mass is 279 g/mol. The Hall–Kier alpha value is -0.610. The molecule has 5 unspecified atom stereocenters. The highest BCUT2D eigenvalue weighted by Gasteiger charge is 2.39. The molecular weight excluding hydrogens is 250 g/mol. The van der Waals surface area contributed by atoms with Gasteiger partial charge in [0.2, 0.25) is 5.91 Å². The summed E-state index contributed by atoms with van der Waals surface area (Å²) in [6.45, 7) is 4.11. The molecule has 0 aromatic heterocycles. The minimum absolute atomic E-state index is 0.0701. The van der Waals surface area contributed by atoms with Crippen molar-refractivity contribution in [3.05, 3.63) is 0 Å². The van der Waals surface area contributed by atoms with E-state index in [1.54, 1.807) is 0 Å². The summed E-state index contributed by atoms with van der Waals surface area (Å²) in [7, 11) is 2.23. The molecule has 2 N–H and O–H groups in total. The second kappa shape index (κ2) is 5.64. The number of likely N-dealkylation sites (tertiary alicyclic amines) is 1. The summed E-state index contributed by atoms with van der Waals surface area (Å²) >= 11 is 0. The van der Waals surface area contributed by atoms with Crippen molar-refractivity contribution >= 4 is 5.91 Å². The van der Waals surface area contributed by atoms with Crippen molar-refractivity contribution in [3.8, 4) is 0 Å². The van der Waals surface area contributed by atoms with Crippen LogP contribution < -0.4 is 5.73 Å². The van der Waals surface area contributed by atoms with Gasteiger partial charge < -0.3 is 10.6 Å². The number of hydrogen-bond acceptors (Lipinski definition) is 3. The van der Waals surface area contributed by atoms with Gasteiger partial charge in [0.25, 0.3) is 0 Å². The Morgan fingerprint density at radius 3 is 2.65 bits per heavy atom. The number of fused-ring (bicyclic) bond motifs is 2. The Labute approximate surface area is 122 Å². The van der Waals surface area contributed by atoms with Crippen LogP contribution in [0.5, 0.6) is 0 Å². The summed E-state index contributed by atoms with van der Waals surface area (Å²) in [5.74, 6) is 1.06. The van der Waals surface area contributed by atoms with Crippen LogP contribution in [-0.4, -0.2) is 54.0 Å². The lowest BCUT2D eigenvalue weighted by Gasteiger charge is -2.36. The van der Waals surface area contributed by atoms with Crippen molar-refractivity contribution in [3.63, 3.8) is 0 Å². The molecule has 3 aliphatic rings. The van der Waals surface area contributed by atoms with E-state index in [0.29, 0.717) is 23.9 Å². The maximum absolute atomic E-state index is 12.9. The Kier molecular flexibility index (Phi) is 4.04. The number of rotatable bonds is 1. The van der Waals surface area contributed by atoms with Gasteiger partial charge in [-0.3, -0.25) is 9.69 Å². The summed E-state index contributed by atoms with van der Waals surface area (Å²) in [6.07, 6.45) is 6.87. The molecule has 20 heavy (non-hydrogen) atoms. The lowest BCUT2D eigenvalue weighted by Crippen LogP contribution is -2.49. The Morgan fingerprint density at radius 2 is 1.85 bits per heavy atom. The largest absolute Gasteiger partial charge is 0.341 e. The third-order valence-electron chi connectivity index (χ3n) is 5.94. The standard InChI is InChI=1S/C16H29N3O/c1-11-3-6-15(17)14(9-11)16(20)19-8-7-12-4-5-13(10-19)18(12)2/h11-15H,3-10,17H2,1-2H3. The Morgan fingerprint density at radius 1 is 1.10 bits per heavy atom. The first-order valence-electron chi connectivity index (χ1n) is 8.32. The number of hydrogen-bond donors (Lipinski definition) is 1. The quantitative estimate of drug-likeness (QED) is 0.790. The van der Waals surface area contributed by atoms with Crippen LogP contribution in [0.25, 0.3) is 0 Å². The van der Waals surface area contributed by atoms with Gasteiger partial charge in [0.15, 0.2) is 0 Å². The van der Waals surface area contributed by atoms with Gasteiger partial charge in [0, 0.05) is 31.2 Å². The second-order valence-electron chi connectivity index (χ2n) is 7.31. The number of carbonyl (C=O) groups excluding carboxylic acids is 1. The van der Waals surface area contributed by atoms with Gasteiger partial charge in [0.1, 0.15) is 0 Å². The molecule has 1 aliphatic carbocycles. The van der Waals surface area contributed by atoms with Crippen LogP contribution in [0.3, 0.4) is 0 Å². The Bertz CT molecular complexity index is 373. The van der Waals surface area contributed by atoms with E-state index in [-0.39, 0.29) is 12.0 Å². The van der Waals surface area contributed by atoms with E-state index in [1.807, 2.05) is 0 Å². The van der Waals surface area contributed by atoms with Crippen LogP contribution in [0.4, 0.5) is 0 Å². The number of carbonyl (C=O) groups is 1. The molecule has 2 heterocycles. The fraction of sp³-hybridized carbons (Fsp3) is 0.938. The molecule has 3 fully saturated rings.